The number of benzene rings is 1. The van der Waals surface area contributed by atoms with Crippen LogP contribution in [-0.2, 0) is 0 Å². The van der Waals surface area contributed by atoms with Crippen LogP contribution in [0.2, 0.25) is 0 Å². The van der Waals surface area contributed by atoms with Crippen molar-refractivity contribution in [3.63, 3.8) is 0 Å². The molecule has 1 atom stereocenters. The number of halogens is 3. The van der Waals surface area contributed by atoms with Crippen molar-refractivity contribution in [2.45, 2.75) is 12.8 Å². The third-order valence-electron chi connectivity index (χ3n) is 1.92. The van der Waals surface area contributed by atoms with Gasteiger partial charge in [0.25, 0.3) is 0 Å². The number of rotatable bonds is 2. The van der Waals surface area contributed by atoms with Gasteiger partial charge in [0.05, 0.1) is 0 Å². The van der Waals surface area contributed by atoms with Crippen LogP contribution in [0.3, 0.4) is 0 Å². The van der Waals surface area contributed by atoms with E-state index in [-0.39, 0.29) is 5.92 Å². The lowest BCUT2D eigenvalue weighted by Gasteiger charge is -2.11. The fraction of sp³-hybridized carbons (Fsp3) is 0.333. The number of nitrogens with two attached hydrogens (primary N) is 1. The first-order valence-corrected chi connectivity index (χ1v) is 4.70. The highest BCUT2D eigenvalue weighted by Gasteiger charge is 2.12. The van der Waals surface area contributed by atoms with E-state index in [4.69, 9.17) is 5.73 Å². The van der Waals surface area contributed by atoms with Crippen LogP contribution in [0, 0.1) is 11.6 Å². The van der Waals surface area contributed by atoms with Gasteiger partial charge in [-0.15, -0.1) is 0 Å². The van der Waals surface area contributed by atoms with Crippen LogP contribution >= 0.6 is 15.9 Å². The Morgan fingerprint density at radius 3 is 2.46 bits per heavy atom. The molecule has 1 aromatic rings. The molecule has 1 unspecified atom stereocenters. The fourth-order valence-corrected chi connectivity index (χ4v) is 1.75. The number of hydrogen-bond acceptors (Lipinski definition) is 1. The Labute approximate surface area is 84.1 Å². The molecule has 1 rings (SSSR count). The molecule has 0 fully saturated rings. The summed E-state index contributed by atoms with van der Waals surface area (Å²) < 4.78 is 26.1. The molecule has 0 radical (unpaired) electrons. The molecule has 0 aliphatic heterocycles. The molecular formula is C9H10BrF2N. The summed E-state index contributed by atoms with van der Waals surface area (Å²) in [5, 5.41) is 0. The fourth-order valence-electron chi connectivity index (χ4n) is 1.04. The maximum atomic E-state index is 12.8. The van der Waals surface area contributed by atoms with Gasteiger partial charge >= 0.3 is 0 Å². The second-order valence-electron chi connectivity index (χ2n) is 2.92. The molecule has 0 saturated heterocycles. The Kier molecular flexibility index (Phi) is 3.39. The zero-order valence-corrected chi connectivity index (χ0v) is 8.74. The average Bonchev–Trinajstić information content (AvgIpc) is 2.10. The van der Waals surface area contributed by atoms with Crippen molar-refractivity contribution in [2.75, 3.05) is 6.54 Å². The maximum Gasteiger partial charge on any atom is 0.159 e. The molecule has 13 heavy (non-hydrogen) atoms. The van der Waals surface area contributed by atoms with Gasteiger partial charge in [-0.2, -0.15) is 0 Å². The van der Waals surface area contributed by atoms with Crippen molar-refractivity contribution >= 4 is 15.9 Å². The van der Waals surface area contributed by atoms with Crippen molar-refractivity contribution in [3.8, 4) is 0 Å². The van der Waals surface area contributed by atoms with Gasteiger partial charge < -0.3 is 5.73 Å². The molecular weight excluding hydrogens is 240 g/mol. The summed E-state index contributed by atoms with van der Waals surface area (Å²) in [5.41, 5.74) is 6.12. The van der Waals surface area contributed by atoms with Crippen LogP contribution in [0.4, 0.5) is 8.78 Å². The second-order valence-corrected chi connectivity index (χ2v) is 3.78. The highest BCUT2D eigenvalue weighted by Crippen LogP contribution is 2.26. The van der Waals surface area contributed by atoms with Gasteiger partial charge in [0.1, 0.15) is 0 Å². The third kappa shape index (κ3) is 2.25. The molecule has 4 heteroatoms. The first-order valence-electron chi connectivity index (χ1n) is 3.90. The first kappa shape index (κ1) is 10.6. The Bertz CT molecular complexity index is 315. The van der Waals surface area contributed by atoms with E-state index in [0.29, 0.717) is 16.6 Å². The van der Waals surface area contributed by atoms with Crippen molar-refractivity contribution in [1.82, 2.24) is 0 Å². The molecule has 0 aliphatic rings. The van der Waals surface area contributed by atoms with E-state index in [1.807, 2.05) is 6.92 Å². The van der Waals surface area contributed by atoms with Gasteiger partial charge in [0.2, 0.25) is 0 Å². The monoisotopic (exact) mass is 249 g/mol. The SMILES string of the molecule is CC(CN)c1cc(F)c(F)cc1Br. The van der Waals surface area contributed by atoms with E-state index < -0.39 is 11.6 Å². The van der Waals surface area contributed by atoms with Crippen LogP contribution in [0.5, 0.6) is 0 Å². The maximum absolute atomic E-state index is 12.8. The smallest absolute Gasteiger partial charge is 0.159 e. The van der Waals surface area contributed by atoms with Crippen LogP contribution < -0.4 is 5.73 Å². The highest BCUT2D eigenvalue weighted by atomic mass is 79.9. The molecule has 0 amide bonds. The van der Waals surface area contributed by atoms with Crippen LogP contribution in [0.15, 0.2) is 16.6 Å². The lowest BCUT2D eigenvalue weighted by atomic mass is 10.0. The number of hydrogen-bond donors (Lipinski definition) is 1. The summed E-state index contributed by atoms with van der Waals surface area (Å²) in [4.78, 5) is 0. The summed E-state index contributed by atoms with van der Waals surface area (Å²) in [6.45, 7) is 2.26. The van der Waals surface area contributed by atoms with E-state index in [1.54, 1.807) is 0 Å². The minimum atomic E-state index is -0.847. The van der Waals surface area contributed by atoms with Crippen molar-refractivity contribution in [2.24, 2.45) is 5.73 Å². The molecule has 0 spiro atoms. The highest BCUT2D eigenvalue weighted by molar-refractivity contribution is 9.10. The van der Waals surface area contributed by atoms with E-state index in [2.05, 4.69) is 15.9 Å². The van der Waals surface area contributed by atoms with Gasteiger partial charge in [0.15, 0.2) is 11.6 Å². The summed E-state index contributed by atoms with van der Waals surface area (Å²) in [6, 6.07) is 2.30. The standard InChI is InChI=1S/C9H10BrF2N/c1-5(4-13)6-2-8(11)9(12)3-7(6)10/h2-3,5H,4,13H2,1H3. The lowest BCUT2D eigenvalue weighted by Crippen LogP contribution is -2.10. The lowest BCUT2D eigenvalue weighted by molar-refractivity contribution is 0.504. The predicted octanol–water partition coefficient (Wildman–Crippen LogP) is 2.79. The zero-order valence-electron chi connectivity index (χ0n) is 7.15. The van der Waals surface area contributed by atoms with Crippen molar-refractivity contribution < 1.29 is 8.78 Å². The van der Waals surface area contributed by atoms with Gasteiger partial charge in [-0.3, -0.25) is 0 Å². The second kappa shape index (κ2) is 4.15. The summed E-state index contributed by atoms with van der Waals surface area (Å²) >= 11 is 3.16. The molecule has 0 bridgehead atoms. The van der Waals surface area contributed by atoms with Gasteiger partial charge in [-0.1, -0.05) is 22.9 Å². The Hall–Kier alpha value is -0.480. The zero-order chi connectivity index (χ0) is 10.0. The van der Waals surface area contributed by atoms with E-state index in [9.17, 15) is 8.78 Å². The van der Waals surface area contributed by atoms with Gasteiger partial charge in [-0.25, -0.2) is 8.78 Å². The normalized spacial score (nSPS) is 13.0. The minimum Gasteiger partial charge on any atom is -0.330 e. The predicted molar refractivity (Wildman–Crippen MR) is 51.5 cm³/mol. The van der Waals surface area contributed by atoms with E-state index >= 15 is 0 Å². The Balaban J connectivity index is 3.15. The summed E-state index contributed by atoms with van der Waals surface area (Å²) in [7, 11) is 0. The van der Waals surface area contributed by atoms with Crippen LogP contribution in [0.25, 0.3) is 0 Å². The molecule has 0 aromatic heterocycles. The molecule has 2 N–H and O–H groups in total. The van der Waals surface area contributed by atoms with Crippen molar-refractivity contribution in [1.29, 1.82) is 0 Å². The quantitative estimate of drug-likeness (QED) is 0.802. The van der Waals surface area contributed by atoms with E-state index in [1.165, 1.54) is 6.07 Å². The third-order valence-corrected chi connectivity index (χ3v) is 2.61. The topological polar surface area (TPSA) is 26.0 Å². The first-order chi connectivity index (χ1) is 6.06. The van der Waals surface area contributed by atoms with Gasteiger partial charge in [0, 0.05) is 4.47 Å². The molecule has 1 aromatic carbocycles. The minimum absolute atomic E-state index is 0.0180. The molecule has 0 saturated carbocycles. The summed E-state index contributed by atoms with van der Waals surface area (Å²) in [6.07, 6.45) is 0. The Morgan fingerprint density at radius 1 is 1.38 bits per heavy atom. The average molecular weight is 250 g/mol. The molecule has 1 nitrogen and oxygen atoms in total. The Morgan fingerprint density at radius 2 is 1.92 bits per heavy atom. The van der Waals surface area contributed by atoms with Crippen molar-refractivity contribution in [3.05, 3.63) is 33.8 Å². The van der Waals surface area contributed by atoms with Gasteiger partial charge in [-0.05, 0) is 30.2 Å². The molecule has 72 valence electrons. The van der Waals surface area contributed by atoms with Crippen LogP contribution in [0.1, 0.15) is 18.4 Å². The summed E-state index contributed by atoms with van der Waals surface area (Å²) in [5.74, 6) is -1.66. The molecule has 0 heterocycles. The molecule has 0 aliphatic carbocycles. The van der Waals surface area contributed by atoms with E-state index in [0.717, 1.165) is 6.07 Å². The largest absolute Gasteiger partial charge is 0.330 e. The van der Waals surface area contributed by atoms with Crippen LogP contribution in [-0.4, -0.2) is 6.54 Å².